The lowest BCUT2D eigenvalue weighted by molar-refractivity contribution is -0.727. The van der Waals surface area contributed by atoms with E-state index in [-0.39, 0.29) is 47.0 Å². The Labute approximate surface area is 212 Å². The third-order valence-corrected chi connectivity index (χ3v) is 7.07. The van der Waals surface area contributed by atoms with Crippen molar-refractivity contribution in [3.63, 3.8) is 0 Å². The lowest BCUT2D eigenvalue weighted by Crippen LogP contribution is -2.42. The van der Waals surface area contributed by atoms with E-state index in [0.29, 0.717) is 10.8 Å². The number of phenolic OH excluding ortho intramolecular Hbond substituents is 2. The van der Waals surface area contributed by atoms with Crippen LogP contribution in [-0.2, 0) is 6.42 Å². The number of fused-ring (bicyclic) bond motifs is 2. The lowest BCUT2D eigenvalue weighted by atomic mass is 9.92. The van der Waals surface area contributed by atoms with Crippen LogP contribution in [0.2, 0.25) is 0 Å². The van der Waals surface area contributed by atoms with Gasteiger partial charge in [-0.2, -0.15) is 9.13 Å². The van der Waals surface area contributed by atoms with E-state index in [1.807, 2.05) is 48.7 Å². The maximum atomic E-state index is 10.8. The molecule has 1 unspecified atom stereocenters. The number of rotatable bonds is 6. The summed E-state index contributed by atoms with van der Waals surface area (Å²) in [6.07, 6.45) is 0.777. The van der Waals surface area contributed by atoms with Crippen LogP contribution in [0.5, 0.6) is 23.1 Å². The van der Waals surface area contributed by atoms with Gasteiger partial charge in [-0.3, -0.25) is 0 Å². The third-order valence-electron chi connectivity index (χ3n) is 7.07. The van der Waals surface area contributed by atoms with Gasteiger partial charge in [-0.1, -0.05) is 26.8 Å². The first kappa shape index (κ1) is 25.5. The molecule has 4 rings (SSSR count). The van der Waals surface area contributed by atoms with E-state index in [1.54, 1.807) is 0 Å². The highest BCUT2D eigenvalue weighted by atomic mass is 16.3. The van der Waals surface area contributed by atoms with Crippen molar-refractivity contribution in [2.75, 3.05) is 0 Å². The van der Waals surface area contributed by atoms with Crippen molar-refractivity contribution < 1.29 is 29.6 Å². The van der Waals surface area contributed by atoms with Gasteiger partial charge in [0.15, 0.2) is 35.0 Å². The van der Waals surface area contributed by atoms with E-state index in [1.165, 1.54) is 6.07 Å². The number of nitrogens with zero attached hydrogens (tertiary/aromatic N) is 2. The van der Waals surface area contributed by atoms with Gasteiger partial charge in [-0.05, 0) is 63.9 Å². The molecule has 0 saturated heterocycles. The van der Waals surface area contributed by atoms with Crippen molar-refractivity contribution in [1.29, 1.82) is 0 Å². The van der Waals surface area contributed by atoms with Crippen LogP contribution in [0.25, 0.3) is 21.7 Å². The van der Waals surface area contributed by atoms with Crippen molar-refractivity contribution in [2.45, 2.75) is 78.8 Å². The number of benzene rings is 2. The second-order valence-corrected chi connectivity index (χ2v) is 10.7. The molecule has 1 atom stereocenters. The van der Waals surface area contributed by atoms with Gasteiger partial charge in [0.2, 0.25) is 11.3 Å². The highest BCUT2D eigenvalue weighted by Gasteiger charge is 2.31. The van der Waals surface area contributed by atoms with Gasteiger partial charge >= 0.3 is 5.88 Å². The third kappa shape index (κ3) is 4.19. The van der Waals surface area contributed by atoms with Crippen LogP contribution in [0, 0.1) is 0 Å². The Balaban J connectivity index is 1.84. The Morgan fingerprint density at radius 1 is 0.667 bits per heavy atom. The zero-order valence-electron chi connectivity index (χ0n) is 22.2. The molecule has 0 bridgehead atoms. The average molecular weight is 491 g/mol. The number of hydrogen-bond donors (Lipinski definition) is 4. The first-order valence-corrected chi connectivity index (χ1v) is 12.7. The predicted octanol–water partition coefficient (Wildman–Crippen LogP) is 6.02. The van der Waals surface area contributed by atoms with Gasteiger partial charge in [0.25, 0.3) is 0 Å². The van der Waals surface area contributed by atoms with Crippen molar-refractivity contribution in [1.82, 2.24) is 0 Å². The quantitative estimate of drug-likeness (QED) is 0.197. The second-order valence-electron chi connectivity index (χ2n) is 10.7. The van der Waals surface area contributed by atoms with Crippen LogP contribution in [-0.4, -0.2) is 20.4 Å². The predicted molar refractivity (Wildman–Crippen MR) is 142 cm³/mol. The molecular formula is C30H38N2O4+2. The summed E-state index contributed by atoms with van der Waals surface area (Å²) in [6, 6.07) is 13.5. The molecule has 0 amide bonds. The summed E-state index contributed by atoms with van der Waals surface area (Å²) in [6.45, 7) is 14.6. The van der Waals surface area contributed by atoms with E-state index in [0.717, 1.165) is 34.3 Å². The average Bonchev–Trinajstić information content (AvgIpc) is 2.82. The first-order chi connectivity index (χ1) is 16.9. The fourth-order valence-corrected chi connectivity index (χ4v) is 5.51. The highest BCUT2D eigenvalue weighted by Crippen LogP contribution is 2.38. The van der Waals surface area contributed by atoms with Crippen LogP contribution >= 0.6 is 0 Å². The van der Waals surface area contributed by atoms with Gasteiger partial charge in [0, 0.05) is 29.4 Å². The van der Waals surface area contributed by atoms with E-state index in [4.69, 9.17) is 0 Å². The zero-order valence-corrected chi connectivity index (χ0v) is 22.2. The highest BCUT2D eigenvalue weighted by molar-refractivity contribution is 5.91. The Morgan fingerprint density at radius 3 is 1.92 bits per heavy atom. The minimum atomic E-state index is -0.122. The maximum Gasteiger partial charge on any atom is 0.409 e. The lowest BCUT2D eigenvalue weighted by Gasteiger charge is -2.18. The summed E-state index contributed by atoms with van der Waals surface area (Å²) in [5.74, 6) is -0.0805. The standard InChI is InChI=1S/C30H36N2O4/c1-16(2)27-23-15-20(8-9-21(23)29(35)30(36)32(27)18(5)6)14-19(7)24-11-10-22-25(31(24)17(3)4)12-13-26(33)28(22)34/h8-13,15-19,33,35H,14H2,1-7H3/p+2. The van der Waals surface area contributed by atoms with Crippen molar-refractivity contribution >= 4 is 21.7 Å². The maximum absolute atomic E-state index is 10.8. The molecule has 2 aromatic carbocycles. The van der Waals surface area contributed by atoms with E-state index in [9.17, 15) is 20.4 Å². The molecule has 2 aromatic heterocycles. The van der Waals surface area contributed by atoms with Gasteiger partial charge in [0.05, 0.1) is 10.8 Å². The smallest absolute Gasteiger partial charge is 0.409 e. The summed E-state index contributed by atoms with van der Waals surface area (Å²) in [5.41, 5.74) is 4.16. The van der Waals surface area contributed by atoms with E-state index >= 15 is 0 Å². The topological polar surface area (TPSA) is 88.7 Å². The normalized spacial score (nSPS) is 12.9. The molecule has 0 aliphatic carbocycles. The van der Waals surface area contributed by atoms with Gasteiger partial charge in [-0.25, -0.2) is 0 Å². The molecule has 0 fully saturated rings. The molecule has 2 heterocycles. The van der Waals surface area contributed by atoms with Gasteiger partial charge in [0.1, 0.15) is 0 Å². The van der Waals surface area contributed by atoms with Crippen molar-refractivity contribution in [2.24, 2.45) is 0 Å². The summed E-state index contributed by atoms with van der Waals surface area (Å²) < 4.78 is 4.05. The molecule has 6 nitrogen and oxygen atoms in total. The molecule has 0 spiro atoms. The first-order valence-electron chi connectivity index (χ1n) is 12.7. The Hall–Kier alpha value is -3.54. The van der Waals surface area contributed by atoms with Gasteiger partial charge in [-0.15, -0.1) is 0 Å². The molecule has 6 heteroatoms. The molecule has 0 aliphatic rings. The number of pyridine rings is 2. The molecule has 0 saturated carbocycles. The molecule has 0 radical (unpaired) electrons. The zero-order chi connectivity index (χ0) is 26.5. The summed E-state index contributed by atoms with van der Waals surface area (Å²) in [4.78, 5) is 0. The number of aromatic nitrogens is 2. The fraction of sp³-hybridized carbons (Fsp3) is 0.400. The number of aromatic hydroxyl groups is 4. The Kier molecular flexibility index (Phi) is 6.74. The molecule has 190 valence electrons. The monoisotopic (exact) mass is 490 g/mol. The van der Waals surface area contributed by atoms with E-state index < -0.39 is 0 Å². The molecule has 4 aromatic rings. The van der Waals surface area contributed by atoms with Crippen molar-refractivity contribution in [3.8, 4) is 23.1 Å². The minimum absolute atomic E-state index is 0.00117. The Bertz CT molecular complexity index is 1460. The molecule has 0 aliphatic heterocycles. The van der Waals surface area contributed by atoms with Crippen LogP contribution in [0.15, 0.2) is 42.5 Å². The SMILES string of the molecule is CC(C)c1c2cc(CC(C)c3ccc4c(O)c(O)ccc4[n+]3C(C)C)ccc2c(O)c(O)[n+]1C(C)C. The largest absolute Gasteiger partial charge is 0.504 e. The minimum Gasteiger partial charge on any atom is -0.504 e. The summed E-state index contributed by atoms with van der Waals surface area (Å²) in [5, 5.41) is 44.1. The fourth-order valence-electron chi connectivity index (χ4n) is 5.51. The van der Waals surface area contributed by atoms with Gasteiger partial charge < -0.3 is 20.4 Å². The van der Waals surface area contributed by atoms with E-state index in [2.05, 4.69) is 45.3 Å². The Morgan fingerprint density at radius 2 is 1.31 bits per heavy atom. The number of phenols is 2. The molecule has 4 N–H and O–H groups in total. The number of hydrogen-bond acceptors (Lipinski definition) is 4. The molecule has 36 heavy (non-hydrogen) atoms. The summed E-state index contributed by atoms with van der Waals surface area (Å²) in [7, 11) is 0. The van der Waals surface area contributed by atoms with Crippen LogP contribution in [0.1, 0.15) is 89.3 Å². The van der Waals surface area contributed by atoms with Crippen LogP contribution in [0.3, 0.4) is 0 Å². The summed E-state index contributed by atoms with van der Waals surface area (Å²) >= 11 is 0. The molecular weight excluding hydrogens is 452 g/mol. The van der Waals surface area contributed by atoms with Crippen LogP contribution in [0.4, 0.5) is 0 Å². The second kappa shape index (κ2) is 9.49. The van der Waals surface area contributed by atoms with Crippen LogP contribution < -0.4 is 9.13 Å². The van der Waals surface area contributed by atoms with Crippen molar-refractivity contribution in [3.05, 3.63) is 59.4 Å².